The zero-order chi connectivity index (χ0) is 26.5. The summed E-state index contributed by atoms with van der Waals surface area (Å²) in [7, 11) is 0. The van der Waals surface area contributed by atoms with Crippen LogP contribution in [0.4, 0.5) is 4.79 Å². The van der Waals surface area contributed by atoms with Crippen LogP contribution in [0.15, 0.2) is 18.2 Å². The van der Waals surface area contributed by atoms with Gasteiger partial charge in [0.15, 0.2) is 0 Å². The summed E-state index contributed by atoms with van der Waals surface area (Å²) in [5, 5.41) is 15.6. The molecule has 1 fully saturated rings. The highest BCUT2D eigenvalue weighted by Gasteiger charge is 2.48. The number of aliphatic hydroxyl groups excluding tert-OH is 1. The Bertz CT molecular complexity index is 911. The number of aryl methyl sites for hydroxylation is 2. The molecule has 0 saturated heterocycles. The van der Waals surface area contributed by atoms with Crippen molar-refractivity contribution in [3.05, 3.63) is 34.9 Å². The Hall–Kier alpha value is -2.61. The van der Waals surface area contributed by atoms with Crippen LogP contribution in [0.3, 0.4) is 0 Å². The number of aliphatic hydroxyl groups is 1. The fourth-order valence-electron chi connectivity index (χ4n) is 4.19. The van der Waals surface area contributed by atoms with Gasteiger partial charge in [0.2, 0.25) is 11.8 Å². The van der Waals surface area contributed by atoms with Crippen molar-refractivity contribution in [2.45, 2.75) is 104 Å². The van der Waals surface area contributed by atoms with Crippen LogP contribution in [0.1, 0.15) is 83.5 Å². The number of nitrogens with zero attached hydrogens (tertiary/aromatic N) is 1. The number of carbonyl (C=O) groups excluding carboxylic acids is 3. The summed E-state index contributed by atoms with van der Waals surface area (Å²) in [6, 6.07) is 3.42. The van der Waals surface area contributed by atoms with Gasteiger partial charge >= 0.3 is 6.09 Å². The largest absolute Gasteiger partial charge is 0.444 e. The molecule has 3 N–H and O–H groups in total. The Kier molecular flexibility index (Phi) is 9.72. The average molecular weight is 490 g/mol. The smallest absolute Gasteiger partial charge is 0.408 e. The first kappa shape index (κ1) is 28.6. The number of benzene rings is 1. The van der Waals surface area contributed by atoms with E-state index < -0.39 is 36.3 Å². The number of hydrogen-bond acceptors (Lipinski definition) is 5. The molecule has 0 radical (unpaired) electrons. The van der Waals surface area contributed by atoms with Crippen molar-refractivity contribution in [3.8, 4) is 0 Å². The van der Waals surface area contributed by atoms with Gasteiger partial charge in [-0.2, -0.15) is 0 Å². The first-order valence-corrected chi connectivity index (χ1v) is 12.6. The van der Waals surface area contributed by atoms with Gasteiger partial charge in [0.05, 0.1) is 6.61 Å². The van der Waals surface area contributed by atoms with Crippen molar-refractivity contribution in [3.63, 3.8) is 0 Å². The molecular weight excluding hydrogens is 446 g/mol. The predicted molar refractivity (Wildman–Crippen MR) is 136 cm³/mol. The molecule has 0 aliphatic heterocycles. The first-order valence-electron chi connectivity index (χ1n) is 12.6. The molecule has 35 heavy (non-hydrogen) atoms. The normalized spacial score (nSPS) is 19.8. The van der Waals surface area contributed by atoms with Gasteiger partial charge in [-0.1, -0.05) is 38.5 Å². The minimum Gasteiger partial charge on any atom is -0.444 e. The van der Waals surface area contributed by atoms with Crippen LogP contribution in [0.25, 0.3) is 0 Å². The van der Waals surface area contributed by atoms with Crippen molar-refractivity contribution < 1.29 is 24.2 Å². The van der Waals surface area contributed by atoms with Crippen LogP contribution >= 0.6 is 0 Å². The van der Waals surface area contributed by atoms with E-state index in [1.807, 2.05) is 45.9 Å². The van der Waals surface area contributed by atoms with Crippen LogP contribution in [0, 0.1) is 19.8 Å². The monoisotopic (exact) mass is 489 g/mol. The lowest BCUT2D eigenvalue weighted by molar-refractivity contribution is -0.144. The predicted octanol–water partition coefficient (Wildman–Crippen LogP) is 3.77. The average Bonchev–Trinajstić information content (AvgIpc) is 3.46. The topological polar surface area (TPSA) is 108 Å². The van der Waals surface area contributed by atoms with Crippen LogP contribution in [-0.4, -0.2) is 58.2 Å². The van der Waals surface area contributed by atoms with E-state index in [4.69, 9.17) is 4.74 Å². The number of rotatable bonds is 10. The van der Waals surface area contributed by atoms with Crippen molar-refractivity contribution in [1.29, 1.82) is 0 Å². The van der Waals surface area contributed by atoms with Gasteiger partial charge in [-0.05, 0) is 77.0 Å². The summed E-state index contributed by atoms with van der Waals surface area (Å²) in [5.74, 6) is -0.570. The zero-order valence-corrected chi connectivity index (χ0v) is 22.5. The fourth-order valence-corrected chi connectivity index (χ4v) is 4.19. The summed E-state index contributed by atoms with van der Waals surface area (Å²) >= 11 is 0. The lowest BCUT2D eigenvalue weighted by atomic mass is 9.97. The van der Waals surface area contributed by atoms with E-state index in [-0.39, 0.29) is 23.9 Å². The molecule has 0 aromatic heterocycles. The van der Waals surface area contributed by atoms with Crippen molar-refractivity contribution >= 4 is 17.9 Å². The van der Waals surface area contributed by atoms with E-state index in [0.717, 1.165) is 30.4 Å². The first-order chi connectivity index (χ1) is 16.3. The Labute approximate surface area is 209 Å². The number of hydrogen-bond donors (Lipinski definition) is 3. The molecule has 5 unspecified atom stereocenters. The molecule has 2 rings (SSSR count). The number of alkyl carbamates (subject to hydrolysis) is 1. The maximum atomic E-state index is 13.8. The third-order valence-corrected chi connectivity index (χ3v) is 6.33. The zero-order valence-electron chi connectivity index (χ0n) is 22.5. The van der Waals surface area contributed by atoms with E-state index in [2.05, 4.69) is 17.6 Å². The molecule has 1 aromatic carbocycles. The van der Waals surface area contributed by atoms with E-state index in [1.54, 1.807) is 25.7 Å². The van der Waals surface area contributed by atoms with Gasteiger partial charge in [0.25, 0.3) is 0 Å². The number of nitrogens with one attached hydrogen (secondary N) is 2. The number of ether oxygens (including phenoxy) is 1. The second kappa shape index (κ2) is 11.9. The maximum Gasteiger partial charge on any atom is 0.408 e. The maximum absolute atomic E-state index is 13.8. The van der Waals surface area contributed by atoms with Crippen LogP contribution in [-0.2, 0) is 14.3 Å². The molecule has 5 atom stereocenters. The fraction of sp³-hybridized carbons (Fsp3) is 0.667. The SMILES string of the molecule is CCCC(C)NC(=O)C(c1ccc(C)c(C)c1)N(C(=O)C(CO)NC(=O)OC(C)(C)C)C1CC1C. The molecule has 0 heterocycles. The van der Waals surface area contributed by atoms with Crippen molar-refractivity contribution in [2.24, 2.45) is 5.92 Å². The number of carbonyl (C=O) groups is 3. The highest BCUT2D eigenvalue weighted by atomic mass is 16.6. The van der Waals surface area contributed by atoms with Crippen LogP contribution < -0.4 is 10.6 Å². The van der Waals surface area contributed by atoms with E-state index >= 15 is 0 Å². The van der Waals surface area contributed by atoms with Gasteiger partial charge in [-0.3, -0.25) is 9.59 Å². The molecule has 1 saturated carbocycles. The van der Waals surface area contributed by atoms with E-state index in [9.17, 15) is 19.5 Å². The molecule has 1 aliphatic carbocycles. The van der Waals surface area contributed by atoms with E-state index in [1.165, 1.54) is 0 Å². The third-order valence-electron chi connectivity index (χ3n) is 6.33. The Morgan fingerprint density at radius 2 is 1.80 bits per heavy atom. The quantitative estimate of drug-likeness (QED) is 0.464. The molecule has 1 aliphatic rings. The van der Waals surface area contributed by atoms with Gasteiger partial charge in [-0.25, -0.2) is 4.79 Å². The van der Waals surface area contributed by atoms with Gasteiger partial charge < -0.3 is 25.4 Å². The van der Waals surface area contributed by atoms with Crippen molar-refractivity contribution in [1.82, 2.24) is 15.5 Å². The molecule has 0 spiro atoms. The Morgan fingerprint density at radius 3 is 2.29 bits per heavy atom. The standard InChI is InChI=1S/C27H43N3O5/c1-9-10-19(5)28-24(32)23(20-12-11-16(2)17(3)13-20)30(22-14-18(22)4)25(33)21(15-31)29-26(34)35-27(6,7)8/h11-13,18-19,21-23,31H,9-10,14-15H2,1-8H3,(H,28,32)(H,29,34). The highest BCUT2D eigenvalue weighted by molar-refractivity contribution is 5.92. The van der Waals surface area contributed by atoms with Crippen LogP contribution in [0.5, 0.6) is 0 Å². The highest BCUT2D eigenvalue weighted by Crippen LogP contribution is 2.41. The minimum absolute atomic E-state index is 0.0522. The molecule has 8 heteroatoms. The molecule has 196 valence electrons. The Balaban J connectivity index is 2.45. The van der Waals surface area contributed by atoms with Gasteiger partial charge in [0.1, 0.15) is 17.7 Å². The Morgan fingerprint density at radius 1 is 1.17 bits per heavy atom. The summed E-state index contributed by atoms with van der Waals surface area (Å²) in [6.07, 6.45) is 1.69. The molecule has 8 nitrogen and oxygen atoms in total. The lowest BCUT2D eigenvalue weighted by Crippen LogP contribution is -2.55. The number of amides is 3. The summed E-state index contributed by atoms with van der Waals surface area (Å²) in [6.45, 7) is 14.5. The second-order valence-electron chi connectivity index (χ2n) is 10.9. The molecule has 1 aromatic rings. The van der Waals surface area contributed by atoms with E-state index in [0.29, 0.717) is 5.56 Å². The summed E-state index contributed by atoms with van der Waals surface area (Å²) < 4.78 is 5.29. The van der Waals surface area contributed by atoms with Gasteiger partial charge in [0, 0.05) is 12.1 Å². The molecular formula is C27H43N3O5. The third kappa shape index (κ3) is 7.95. The molecule has 0 bridgehead atoms. The lowest BCUT2D eigenvalue weighted by Gasteiger charge is -2.35. The van der Waals surface area contributed by atoms with Crippen LogP contribution in [0.2, 0.25) is 0 Å². The van der Waals surface area contributed by atoms with Gasteiger partial charge in [-0.15, -0.1) is 0 Å². The molecule has 3 amide bonds. The minimum atomic E-state index is -1.23. The second-order valence-corrected chi connectivity index (χ2v) is 10.9. The summed E-state index contributed by atoms with van der Waals surface area (Å²) in [4.78, 5) is 41.4. The van der Waals surface area contributed by atoms with Crippen molar-refractivity contribution in [2.75, 3.05) is 6.61 Å². The summed E-state index contributed by atoms with van der Waals surface area (Å²) in [5.41, 5.74) is 2.05.